The number of rotatable bonds is 9. The van der Waals surface area contributed by atoms with Gasteiger partial charge in [0.2, 0.25) is 5.91 Å². The van der Waals surface area contributed by atoms with Crippen LogP contribution in [0.15, 0.2) is 42.6 Å². The summed E-state index contributed by atoms with van der Waals surface area (Å²) in [7, 11) is 3.43. The Morgan fingerprint density at radius 1 is 1.14 bits per heavy atom. The van der Waals surface area contributed by atoms with E-state index < -0.39 is 17.4 Å². The highest BCUT2D eigenvalue weighted by Crippen LogP contribution is 2.47. The van der Waals surface area contributed by atoms with Crippen LogP contribution in [0.4, 0.5) is 0 Å². The zero-order valence-electron chi connectivity index (χ0n) is 34.6. The summed E-state index contributed by atoms with van der Waals surface area (Å²) in [6.45, 7) is 15.7. The number of hydrazine groups is 1. The van der Waals surface area contributed by atoms with Crippen molar-refractivity contribution in [2.45, 2.75) is 98.4 Å². The lowest BCUT2D eigenvalue weighted by Gasteiger charge is -2.39. The van der Waals surface area contributed by atoms with Crippen molar-refractivity contribution in [3.8, 4) is 11.3 Å². The molecule has 1 saturated carbocycles. The first-order chi connectivity index (χ1) is 26.8. The summed E-state index contributed by atoms with van der Waals surface area (Å²) >= 11 is 0. The second-order valence-corrected chi connectivity index (χ2v) is 17.5. The summed E-state index contributed by atoms with van der Waals surface area (Å²) in [5.41, 5.74) is 10.5. The number of aromatic nitrogens is 2. The van der Waals surface area contributed by atoms with Gasteiger partial charge in [-0.3, -0.25) is 29.3 Å². The first kappa shape index (κ1) is 40.3. The normalized spacial score (nSPS) is 28.7. The molecule has 56 heavy (non-hydrogen) atoms. The minimum absolute atomic E-state index is 0.00970. The quantitative estimate of drug-likeness (QED) is 0.240. The number of hydrogen-bond acceptors (Lipinski definition) is 9. The van der Waals surface area contributed by atoms with Gasteiger partial charge in [-0.2, -0.15) is 0 Å². The molecule has 1 amide bonds. The van der Waals surface area contributed by atoms with E-state index in [9.17, 15) is 14.4 Å². The number of hydrogen-bond donors (Lipinski definition) is 1. The third-order valence-electron chi connectivity index (χ3n) is 13.0. The van der Waals surface area contributed by atoms with E-state index in [-0.39, 0.29) is 48.8 Å². The van der Waals surface area contributed by atoms with Crippen LogP contribution in [-0.2, 0) is 41.6 Å². The molecule has 5 heterocycles. The Morgan fingerprint density at radius 3 is 2.64 bits per heavy atom. The molecular formula is C45H61N5O6. The van der Waals surface area contributed by atoms with Crippen molar-refractivity contribution < 1.29 is 28.6 Å². The highest BCUT2D eigenvalue weighted by Gasteiger charge is 2.49. The third-order valence-corrected chi connectivity index (χ3v) is 13.0. The fourth-order valence-electron chi connectivity index (χ4n) is 9.49. The fourth-order valence-corrected chi connectivity index (χ4v) is 9.49. The molecule has 3 aliphatic heterocycles. The Morgan fingerprint density at radius 2 is 1.93 bits per heavy atom. The van der Waals surface area contributed by atoms with Gasteiger partial charge in [-0.05, 0) is 92.3 Å². The van der Waals surface area contributed by atoms with E-state index in [0.717, 1.165) is 46.4 Å². The molecule has 302 valence electrons. The van der Waals surface area contributed by atoms with Crippen LogP contribution in [0.25, 0.3) is 27.7 Å². The molecule has 1 aromatic carbocycles. The fraction of sp³-hybridized carbons (Fsp3) is 0.600. The van der Waals surface area contributed by atoms with Gasteiger partial charge >= 0.3 is 5.97 Å². The van der Waals surface area contributed by atoms with Crippen LogP contribution < -0.4 is 5.43 Å². The molecule has 7 rings (SSSR count). The van der Waals surface area contributed by atoms with E-state index in [0.29, 0.717) is 57.3 Å². The van der Waals surface area contributed by atoms with Crippen LogP contribution in [0.5, 0.6) is 0 Å². The molecule has 4 aliphatic rings. The number of ether oxygens (including phenoxy) is 3. The molecule has 1 N–H and O–H groups in total. The lowest BCUT2D eigenvalue weighted by molar-refractivity contribution is -0.156. The lowest BCUT2D eigenvalue weighted by atomic mass is 9.84. The molecule has 2 aromatic heterocycles. The zero-order valence-corrected chi connectivity index (χ0v) is 34.6. The number of aryl methyl sites for hydroxylation is 1. The number of nitrogens with one attached hydrogen (secondary N) is 1. The molecule has 1 saturated heterocycles. The molecule has 0 radical (unpaired) electrons. The molecule has 1 aliphatic carbocycles. The Kier molecular flexibility index (Phi) is 11.9. The Labute approximate surface area is 332 Å². The smallest absolute Gasteiger partial charge is 0.324 e. The number of cyclic esters (lactones) is 1. The Hall–Kier alpha value is -3.90. The summed E-state index contributed by atoms with van der Waals surface area (Å²) in [6.07, 6.45) is 6.75. The second-order valence-electron chi connectivity index (χ2n) is 17.5. The van der Waals surface area contributed by atoms with E-state index in [1.54, 1.807) is 19.2 Å². The maximum absolute atomic E-state index is 14.5. The van der Waals surface area contributed by atoms with Crippen LogP contribution in [0.1, 0.15) is 90.2 Å². The number of Topliss-reactive ketones (excluding diaryl/α,β-unsaturated/α-hetero) is 1. The summed E-state index contributed by atoms with van der Waals surface area (Å²) in [4.78, 5) is 49.2. The summed E-state index contributed by atoms with van der Waals surface area (Å²) in [6, 6.07) is 10.3. The van der Waals surface area contributed by atoms with Crippen molar-refractivity contribution in [3.05, 3.63) is 59.4 Å². The Bertz CT molecular complexity index is 1980. The second kappa shape index (κ2) is 16.5. The van der Waals surface area contributed by atoms with Crippen LogP contribution in [0.2, 0.25) is 0 Å². The molecule has 3 unspecified atom stereocenters. The van der Waals surface area contributed by atoms with Crippen molar-refractivity contribution >= 4 is 34.1 Å². The van der Waals surface area contributed by atoms with Crippen molar-refractivity contribution in [1.82, 2.24) is 24.9 Å². The predicted octanol–water partition coefficient (Wildman–Crippen LogP) is 6.63. The van der Waals surface area contributed by atoms with Crippen molar-refractivity contribution in [1.29, 1.82) is 0 Å². The number of amides is 1. The zero-order chi connectivity index (χ0) is 39.9. The number of carbonyl (C=O) groups excluding carboxylic acids is 3. The first-order valence-electron chi connectivity index (χ1n) is 20.7. The molecule has 3 aromatic rings. The minimum Gasteiger partial charge on any atom is -0.464 e. The van der Waals surface area contributed by atoms with E-state index in [2.05, 4.69) is 79.9 Å². The predicted molar refractivity (Wildman–Crippen MR) is 217 cm³/mol. The van der Waals surface area contributed by atoms with Gasteiger partial charge in [-0.15, -0.1) is 0 Å². The average Bonchev–Trinajstić information content (AvgIpc) is 3.69. The van der Waals surface area contributed by atoms with Crippen LogP contribution in [0.3, 0.4) is 0 Å². The van der Waals surface area contributed by atoms with Crippen molar-refractivity contribution in [2.24, 2.45) is 29.1 Å². The lowest BCUT2D eigenvalue weighted by Crippen LogP contribution is -2.58. The van der Waals surface area contributed by atoms with Crippen LogP contribution >= 0.6 is 0 Å². The van der Waals surface area contributed by atoms with Gasteiger partial charge in [0.05, 0.1) is 36.6 Å². The third kappa shape index (κ3) is 7.97. The molecule has 6 bridgehead atoms. The molecule has 11 heteroatoms. The number of pyridine rings is 1. The summed E-state index contributed by atoms with van der Waals surface area (Å²) < 4.78 is 20.1. The van der Waals surface area contributed by atoms with E-state index in [1.165, 1.54) is 11.1 Å². The summed E-state index contributed by atoms with van der Waals surface area (Å²) in [5, 5.41) is 2.75. The van der Waals surface area contributed by atoms with Gasteiger partial charge in [0.1, 0.15) is 11.8 Å². The van der Waals surface area contributed by atoms with Gasteiger partial charge in [0.25, 0.3) is 0 Å². The van der Waals surface area contributed by atoms with Crippen LogP contribution in [0, 0.1) is 29.1 Å². The van der Waals surface area contributed by atoms with Gasteiger partial charge in [-0.1, -0.05) is 39.8 Å². The number of esters is 1. The van der Waals surface area contributed by atoms with E-state index >= 15 is 0 Å². The standard InChI is InChI=1S/C45H61N5O6/c1-9-49-38-17-15-30-20-35(38)36(42(49)34-12-10-18-46-41(34)29(4)55-8)22-45(5,6)26-56-44(53)37-13-11-19-50(47-37)43(52)32(21-39(51)40-27(2)28(40)3)24-48-23-31(30)14-16-33(48)25-54-7/h10,12,14-15,17-18,20,27-29,32-33,37,40,47H,9,11,13,16,19,21-26H2,1-8H3/t27-,28+,29-,32?,33+,37-,40?/m0/s1. The van der Waals surface area contributed by atoms with Gasteiger partial charge in [0.15, 0.2) is 0 Å². The molecular weight excluding hydrogens is 707 g/mol. The number of methoxy groups -OCH3 is 2. The van der Waals surface area contributed by atoms with E-state index in [1.807, 2.05) is 19.2 Å². The van der Waals surface area contributed by atoms with Crippen molar-refractivity contribution in [3.63, 3.8) is 0 Å². The van der Waals surface area contributed by atoms with Gasteiger partial charge in [0, 0.05) is 86.9 Å². The maximum Gasteiger partial charge on any atom is 0.324 e. The number of fused-ring (bicyclic) bond motifs is 6. The number of benzene rings is 1. The topological polar surface area (TPSA) is 115 Å². The number of carbonyl (C=O) groups is 3. The monoisotopic (exact) mass is 767 g/mol. The Balaban J connectivity index is 1.36. The van der Waals surface area contributed by atoms with Crippen LogP contribution in [-0.4, -0.2) is 96.3 Å². The van der Waals surface area contributed by atoms with Gasteiger partial charge < -0.3 is 18.8 Å². The minimum atomic E-state index is -0.651. The molecule has 0 spiro atoms. The molecule has 8 atom stereocenters. The first-order valence-corrected chi connectivity index (χ1v) is 20.7. The van der Waals surface area contributed by atoms with E-state index in [4.69, 9.17) is 19.2 Å². The maximum atomic E-state index is 14.5. The largest absolute Gasteiger partial charge is 0.464 e. The highest BCUT2D eigenvalue weighted by atomic mass is 16.5. The molecule has 2 fully saturated rings. The SMILES string of the molecule is CCn1c(-c2cccnc2[C@H](C)OC)c2c3cc(ccc31)C1=CC[C@H](COC)N(C1)CC(CC(=O)C1[C@@H](C)[C@H]1C)C(=O)N1CCC[C@H](N1)C(=O)OCC(C)(C)C2. The summed E-state index contributed by atoms with van der Waals surface area (Å²) in [5.74, 6) is -0.266. The number of nitrogens with zero attached hydrogens (tertiary/aromatic N) is 4. The molecule has 11 nitrogen and oxygen atoms in total. The van der Waals surface area contributed by atoms with Gasteiger partial charge in [-0.25, -0.2) is 5.43 Å². The average molecular weight is 768 g/mol. The van der Waals surface area contributed by atoms with Crippen molar-refractivity contribution in [2.75, 3.05) is 47.1 Å². The highest BCUT2D eigenvalue weighted by molar-refractivity contribution is 5.95. The number of ketones is 1.